The van der Waals surface area contributed by atoms with Crippen LogP contribution >= 0.6 is 15.9 Å². The van der Waals surface area contributed by atoms with E-state index in [0.717, 1.165) is 24.2 Å². The van der Waals surface area contributed by atoms with Gasteiger partial charge in [0.05, 0.1) is 4.47 Å². The minimum atomic E-state index is -0.192. The van der Waals surface area contributed by atoms with Crippen LogP contribution in [0, 0.1) is 12.7 Å². The van der Waals surface area contributed by atoms with Crippen LogP contribution in [0.1, 0.15) is 38.2 Å². The van der Waals surface area contributed by atoms with E-state index >= 15 is 0 Å². The Labute approximate surface area is 129 Å². The molecule has 0 amide bonds. The van der Waals surface area contributed by atoms with E-state index < -0.39 is 0 Å². The predicted octanol–water partition coefficient (Wildman–Crippen LogP) is 4.57. The van der Waals surface area contributed by atoms with Crippen LogP contribution in [0.3, 0.4) is 0 Å². The van der Waals surface area contributed by atoms with Gasteiger partial charge in [0.15, 0.2) is 0 Å². The molecule has 0 spiro atoms. The van der Waals surface area contributed by atoms with Crippen LogP contribution in [0.5, 0.6) is 0 Å². The highest BCUT2D eigenvalue weighted by Crippen LogP contribution is 2.26. The quantitative estimate of drug-likeness (QED) is 0.861. The van der Waals surface area contributed by atoms with Gasteiger partial charge in [-0.15, -0.1) is 0 Å². The molecule has 1 aliphatic heterocycles. The summed E-state index contributed by atoms with van der Waals surface area (Å²) < 4.78 is 14.0. The highest BCUT2D eigenvalue weighted by Gasteiger charge is 2.17. The summed E-state index contributed by atoms with van der Waals surface area (Å²) in [5.74, 6) is -0.192. The molecule has 1 heterocycles. The molecular weight excluding hydrogens is 319 g/mol. The Bertz CT molecular complexity index is 450. The molecule has 1 aromatic carbocycles. The van der Waals surface area contributed by atoms with E-state index in [1.807, 2.05) is 13.0 Å². The van der Waals surface area contributed by atoms with Crippen LogP contribution in [0.15, 0.2) is 16.6 Å². The molecule has 1 saturated heterocycles. The Morgan fingerprint density at radius 3 is 2.90 bits per heavy atom. The molecule has 1 aliphatic rings. The van der Waals surface area contributed by atoms with Crippen LogP contribution in [-0.2, 0) is 0 Å². The number of aryl methyl sites for hydroxylation is 1. The van der Waals surface area contributed by atoms with Gasteiger partial charge in [0.25, 0.3) is 0 Å². The molecule has 2 rings (SSSR count). The average molecular weight is 343 g/mol. The van der Waals surface area contributed by atoms with Crippen LogP contribution in [-0.4, -0.2) is 30.6 Å². The minimum Gasteiger partial charge on any atom is -0.382 e. The lowest BCUT2D eigenvalue weighted by molar-refractivity contribution is 0.285. The van der Waals surface area contributed by atoms with Gasteiger partial charge in [-0.25, -0.2) is 4.39 Å². The molecular formula is C16H24BrFN2. The lowest BCUT2D eigenvalue weighted by atomic mass is 10.1. The summed E-state index contributed by atoms with van der Waals surface area (Å²) in [6.07, 6.45) is 4.81. The first-order chi connectivity index (χ1) is 9.60. The molecule has 2 nitrogen and oxygen atoms in total. The second-order valence-corrected chi connectivity index (χ2v) is 6.55. The number of anilines is 1. The third-order valence-electron chi connectivity index (χ3n) is 3.99. The first-order valence-electron chi connectivity index (χ1n) is 7.54. The number of benzene rings is 1. The molecule has 0 saturated carbocycles. The number of likely N-dealkylation sites (tertiary alicyclic amines) is 1. The van der Waals surface area contributed by atoms with E-state index in [4.69, 9.17) is 0 Å². The number of nitrogens with zero attached hydrogens (tertiary/aromatic N) is 1. The topological polar surface area (TPSA) is 15.3 Å². The normalized spacial score (nSPS) is 20.7. The zero-order chi connectivity index (χ0) is 14.5. The molecule has 1 N–H and O–H groups in total. The third-order valence-corrected chi connectivity index (χ3v) is 4.60. The average Bonchev–Trinajstić information content (AvgIpc) is 2.62. The summed E-state index contributed by atoms with van der Waals surface area (Å²) in [6, 6.07) is 3.94. The zero-order valence-corrected chi connectivity index (χ0v) is 14.0. The summed E-state index contributed by atoms with van der Waals surface area (Å²) in [7, 11) is 0. The fourth-order valence-electron chi connectivity index (χ4n) is 2.86. The van der Waals surface area contributed by atoms with Gasteiger partial charge in [-0.2, -0.15) is 0 Å². The first-order valence-corrected chi connectivity index (χ1v) is 8.34. The lowest BCUT2D eigenvalue weighted by Gasteiger charge is -2.21. The van der Waals surface area contributed by atoms with Crippen molar-refractivity contribution in [2.45, 2.75) is 45.6 Å². The Morgan fingerprint density at radius 1 is 1.35 bits per heavy atom. The van der Waals surface area contributed by atoms with E-state index in [1.54, 1.807) is 6.07 Å². The number of rotatable bonds is 4. The van der Waals surface area contributed by atoms with Crippen LogP contribution < -0.4 is 5.32 Å². The molecule has 1 fully saturated rings. The molecule has 112 valence electrons. The Morgan fingerprint density at radius 2 is 2.15 bits per heavy atom. The molecule has 0 aliphatic carbocycles. The van der Waals surface area contributed by atoms with Crippen molar-refractivity contribution in [1.82, 2.24) is 4.90 Å². The van der Waals surface area contributed by atoms with E-state index in [0.29, 0.717) is 10.5 Å². The van der Waals surface area contributed by atoms with Gasteiger partial charge in [-0.1, -0.05) is 6.92 Å². The second-order valence-electron chi connectivity index (χ2n) is 5.70. The summed E-state index contributed by atoms with van der Waals surface area (Å²) in [5, 5.41) is 3.60. The SMILES string of the molecule is CCCN1CCCC(Nc2cc(Br)c(F)cc2C)CC1. The second kappa shape index (κ2) is 7.41. The maximum absolute atomic E-state index is 13.5. The van der Waals surface area contributed by atoms with Gasteiger partial charge in [0.1, 0.15) is 5.82 Å². The van der Waals surface area contributed by atoms with E-state index in [2.05, 4.69) is 33.1 Å². The van der Waals surface area contributed by atoms with Gasteiger partial charge in [-0.3, -0.25) is 0 Å². The smallest absolute Gasteiger partial charge is 0.137 e. The summed E-state index contributed by atoms with van der Waals surface area (Å²) in [4.78, 5) is 2.55. The Balaban J connectivity index is 1.98. The van der Waals surface area contributed by atoms with Crippen molar-refractivity contribution in [1.29, 1.82) is 0 Å². The zero-order valence-electron chi connectivity index (χ0n) is 12.4. The summed E-state index contributed by atoms with van der Waals surface area (Å²) in [5.41, 5.74) is 2.02. The summed E-state index contributed by atoms with van der Waals surface area (Å²) >= 11 is 3.27. The van der Waals surface area contributed by atoms with E-state index in [1.165, 1.54) is 32.4 Å². The van der Waals surface area contributed by atoms with Gasteiger partial charge in [0, 0.05) is 18.3 Å². The molecule has 1 unspecified atom stereocenters. The largest absolute Gasteiger partial charge is 0.382 e. The highest BCUT2D eigenvalue weighted by atomic mass is 79.9. The number of halogens is 2. The maximum Gasteiger partial charge on any atom is 0.137 e. The van der Waals surface area contributed by atoms with Gasteiger partial charge < -0.3 is 10.2 Å². The summed E-state index contributed by atoms with van der Waals surface area (Å²) in [6.45, 7) is 7.76. The molecule has 0 aromatic heterocycles. The van der Waals surface area contributed by atoms with Crippen molar-refractivity contribution < 1.29 is 4.39 Å². The van der Waals surface area contributed by atoms with Crippen molar-refractivity contribution in [2.75, 3.05) is 25.0 Å². The number of hydrogen-bond acceptors (Lipinski definition) is 2. The Hall–Kier alpha value is -0.610. The molecule has 0 bridgehead atoms. The van der Waals surface area contributed by atoms with Crippen LogP contribution in [0.4, 0.5) is 10.1 Å². The van der Waals surface area contributed by atoms with E-state index in [-0.39, 0.29) is 5.82 Å². The van der Waals surface area contributed by atoms with Crippen molar-refractivity contribution in [2.24, 2.45) is 0 Å². The van der Waals surface area contributed by atoms with Crippen LogP contribution in [0.2, 0.25) is 0 Å². The van der Waals surface area contributed by atoms with E-state index in [9.17, 15) is 4.39 Å². The lowest BCUT2D eigenvalue weighted by Crippen LogP contribution is -2.27. The molecule has 0 radical (unpaired) electrons. The minimum absolute atomic E-state index is 0.192. The molecule has 20 heavy (non-hydrogen) atoms. The first kappa shape index (κ1) is 15.8. The van der Waals surface area contributed by atoms with Crippen molar-refractivity contribution in [3.63, 3.8) is 0 Å². The van der Waals surface area contributed by atoms with Crippen molar-refractivity contribution in [3.8, 4) is 0 Å². The number of nitrogens with one attached hydrogen (secondary N) is 1. The third kappa shape index (κ3) is 4.19. The molecule has 1 atom stereocenters. The predicted molar refractivity (Wildman–Crippen MR) is 86.8 cm³/mol. The van der Waals surface area contributed by atoms with Crippen LogP contribution in [0.25, 0.3) is 0 Å². The fraction of sp³-hybridized carbons (Fsp3) is 0.625. The fourth-order valence-corrected chi connectivity index (χ4v) is 3.21. The Kier molecular flexibility index (Phi) is 5.85. The standard InChI is InChI=1S/C16H24BrFN2/c1-3-7-20-8-4-5-13(6-9-20)19-16-11-14(17)15(18)10-12(16)2/h10-11,13,19H,3-9H2,1-2H3. The van der Waals surface area contributed by atoms with Gasteiger partial charge >= 0.3 is 0 Å². The maximum atomic E-state index is 13.5. The van der Waals surface area contributed by atoms with Crippen molar-refractivity contribution >= 4 is 21.6 Å². The molecule has 1 aromatic rings. The van der Waals surface area contributed by atoms with Gasteiger partial charge in [0.2, 0.25) is 0 Å². The highest BCUT2D eigenvalue weighted by molar-refractivity contribution is 9.10. The van der Waals surface area contributed by atoms with Crippen molar-refractivity contribution in [3.05, 3.63) is 28.0 Å². The monoisotopic (exact) mass is 342 g/mol. The van der Waals surface area contributed by atoms with Gasteiger partial charge in [-0.05, 0) is 79.3 Å². The molecule has 4 heteroatoms. The number of hydrogen-bond donors (Lipinski definition) is 1.